The molecular formula is C24H20FNO3S. The molecule has 1 atom stereocenters. The van der Waals surface area contributed by atoms with Crippen molar-refractivity contribution in [2.45, 2.75) is 24.3 Å². The van der Waals surface area contributed by atoms with Gasteiger partial charge in [0.25, 0.3) is 15.9 Å². The zero-order chi connectivity index (χ0) is 21.3. The number of halogens is 1. The van der Waals surface area contributed by atoms with Gasteiger partial charge in [0.05, 0.1) is 10.9 Å². The number of carbonyl (C=O) groups excluding carboxylic acids is 1. The Hall–Kier alpha value is -3.25. The van der Waals surface area contributed by atoms with Crippen molar-refractivity contribution >= 4 is 15.9 Å². The first-order valence-electron chi connectivity index (χ1n) is 9.53. The van der Waals surface area contributed by atoms with Gasteiger partial charge < -0.3 is 0 Å². The number of hydrogen-bond donors (Lipinski definition) is 0. The van der Waals surface area contributed by atoms with Crippen molar-refractivity contribution in [1.82, 2.24) is 4.31 Å². The molecule has 30 heavy (non-hydrogen) atoms. The lowest BCUT2D eigenvalue weighted by atomic mass is 10.0. The first kappa shape index (κ1) is 20.0. The number of rotatable bonds is 5. The predicted octanol–water partition coefficient (Wildman–Crippen LogP) is 4.82. The second kappa shape index (κ2) is 7.88. The second-order valence-corrected chi connectivity index (χ2v) is 9.02. The molecule has 4 rings (SSSR count). The number of hydrogen-bond acceptors (Lipinski definition) is 3. The van der Waals surface area contributed by atoms with Gasteiger partial charge in [-0.3, -0.25) is 4.79 Å². The largest absolute Gasteiger partial charge is 0.268 e. The van der Waals surface area contributed by atoms with E-state index in [1.165, 1.54) is 24.3 Å². The van der Waals surface area contributed by atoms with Crippen molar-refractivity contribution in [2.75, 3.05) is 0 Å². The van der Waals surface area contributed by atoms with E-state index < -0.39 is 22.0 Å². The van der Waals surface area contributed by atoms with E-state index >= 15 is 0 Å². The Labute approximate surface area is 175 Å². The van der Waals surface area contributed by atoms with E-state index in [1.807, 2.05) is 13.0 Å². The lowest BCUT2D eigenvalue weighted by Gasteiger charge is -2.23. The number of aryl methyl sites for hydroxylation is 1. The first-order chi connectivity index (χ1) is 14.4. The Morgan fingerprint density at radius 2 is 1.63 bits per heavy atom. The molecule has 0 bridgehead atoms. The fraction of sp³-hybridized carbons (Fsp3) is 0.125. The van der Waals surface area contributed by atoms with Crippen LogP contribution in [0, 0.1) is 12.7 Å². The van der Waals surface area contributed by atoms with Crippen molar-refractivity contribution in [1.29, 1.82) is 0 Å². The van der Waals surface area contributed by atoms with E-state index in [4.69, 9.17) is 0 Å². The summed E-state index contributed by atoms with van der Waals surface area (Å²) in [7, 11) is -4.04. The highest BCUT2D eigenvalue weighted by molar-refractivity contribution is 7.89. The molecule has 3 aromatic rings. The molecule has 0 fully saturated rings. The van der Waals surface area contributed by atoms with Crippen LogP contribution in [0.5, 0.6) is 0 Å². The summed E-state index contributed by atoms with van der Waals surface area (Å²) < 4.78 is 40.7. The van der Waals surface area contributed by atoms with Gasteiger partial charge in [0.1, 0.15) is 5.82 Å². The first-order valence-corrected chi connectivity index (χ1v) is 11.0. The molecule has 1 aliphatic heterocycles. The third kappa shape index (κ3) is 3.66. The second-order valence-electron chi connectivity index (χ2n) is 7.21. The molecule has 3 aromatic carbocycles. The van der Waals surface area contributed by atoms with Crippen LogP contribution in [0.15, 0.2) is 89.8 Å². The Bertz CT molecular complexity index is 1220. The maximum Gasteiger partial charge on any atom is 0.268 e. The zero-order valence-corrected chi connectivity index (χ0v) is 17.1. The van der Waals surface area contributed by atoms with Crippen LogP contribution in [-0.4, -0.2) is 18.6 Å². The average Bonchev–Trinajstić information content (AvgIpc) is 3.03. The Kier molecular flexibility index (Phi) is 5.26. The lowest BCUT2D eigenvalue weighted by molar-refractivity contribution is 0.0867. The van der Waals surface area contributed by atoms with E-state index in [1.54, 1.807) is 54.6 Å². The fourth-order valence-electron chi connectivity index (χ4n) is 3.54. The third-order valence-electron chi connectivity index (χ3n) is 5.13. The molecule has 0 aromatic heterocycles. The topological polar surface area (TPSA) is 54.5 Å². The van der Waals surface area contributed by atoms with E-state index in [9.17, 15) is 17.6 Å². The zero-order valence-electron chi connectivity index (χ0n) is 16.3. The molecule has 0 radical (unpaired) electrons. The molecule has 4 nitrogen and oxygen atoms in total. The van der Waals surface area contributed by atoms with Gasteiger partial charge in [0, 0.05) is 5.56 Å². The van der Waals surface area contributed by atoms with Crippen molar-refractivity contribution in [2.24, 2.45) is 0 Å². The molecule has 0 saturated heterocycles. The van der Waals surface area contributed by atoms with Gasteiger partial charge in [-0.05, 0) is 54.8 Å². The molecule has 0 N–H and O–H groups in total. The van der Waals surface area contributed by atoms with E-state index in [-0.39, 0.29) is 10.7 Å². The lowest BCUT2D eigenvalue weighted by Crippen LogP contribution is -2.34. The van der Waals surface area contributed by atoms with E-state index in [0.29, 0.717) is 17.5 Å². The summed E-state index contributed by atoms with van der Waals surface area (Å²) in [6.07, 6.45) is 4.02. The predicted molar refractivity (Wildman–Crippen MR) is 113 cm³/mol. The molecular weight excluding hydrogens is 401 g/mol. The highest BCUT2D eigenvalue weighted by Gasteiger charge is 2.43. The van der Waals surface area contributed by atoms with Crippen LogP contribution in [0.2, 0.25) is 0 Å². The summed E-state index contributed by atoms with van der Waals surface area (Å²) in [6, 6.07) is 18.7. The van der Waals surface area contributed by atoms with Crippen molar-refractivity contribution in [3.63, 3.8) is 0 Å². The minimum atomic E-state index is -4.04. The van der Waals surface area contributed by atoms with Crippen LogP contribution in [-0.2, 0) is 16.4 Å². The van der Waals surface area contributed by atoms with Crippen molar-refractivity contribution < 1.29 is 17.6 Å². The highest BCUT2D eigenvalue weighted by Crippen LogP contribution is 2.38. The summed E-state index contributed by atoms with van der Waals surface area (Å²) in [5.41, 5.74) is 2.84. The monoisotopic (exact) mass is 421 g/mol. The van der Waals surface area contributed by atoms with Crippen LogP contribution >= 0.6 is 0 Å². The molecule has 0 saturated carbocycles. The third-order valence-corrected chi connectivity index (χ3v) is 6.90. The van der Waals surface area contributed by atoms with Crippen LogP contribution in [0.1, 0.15) is 33.1 Å². The van der Waals surface area contributed by atoms with Gasteiger partial charge in [-0.25, -0.2) is 17.1 Å². The number of carbonyl (C=O) groups is 1. The van der Waals surface area contributed by atoms with Crippen LogP contribution in [0.25, 0.3) is 0 Å². The Morgan fingerprint density at radius 1 is 0.967 bits per heavy atom. The maximum absolute atomic E-state index is 13.3. The molecule has 152 valence electrons. The normalized spacial score (nSPS) is 16.3. The smallest absolute Gasteiger partial charge is 0.268 e. The quantitative estimate of drug-likeness (QED) is 0.555. The summed E-state index contributed by atoms with van der Waals surface area (Å²) in [6.45, 7) is 1.87. The number of fused-ring (bicyclic) bond motifs is 1. The summed E-state index contributed by atoms with van der Waals surface area (Å²) in [5, 5.41) is 0. The minimum absolute atomic E-state index is 0.0752. The summed E-state index contributed by atoms with van der Waals surface area (Å²) >= 11 is 0. The van der Waals surface area contributed by atoms with Crippen LogP contribution in [0.4, 0.5) is 4.39 Å². The molecule has 1 unspecified atom stereocenters. The van der Waals surface area contributed by atoms with Gasteiger partial charge in [-0.15, -0.1) is 0 Å². The number of amides is 1. The van der Waals surface area contributed by atoms with Gasteiger partial charge in [-0.2, -0.15) is 0 Å². The number of nitrogens with zero attached hydrogens (tertiary/aromatic N) is 1. The summed E-state index contributed by atoms with van der Waals surface area (Å²) in [5.74, 6) is -0.851. The van der Waals surface area contributed by atoms with Gasteiger partial charge >= 0.3 is 0 Å². The Morgan fingerprint density at radius 3 is 2.33 bits per heavy atom. The number of sulfonamides is 1. The van der Waals surface area contributed by atoms with E-state index in [2.05, 4.69) is 0 Å². The molecule has 0 spiro atoms. The molecule has 1 heterocycles. The van der Waals surface area contributed by atoms with Crippen LogP contribution in [0.3, 0.4) is 0 Å². The number of allylic oxidation sites excluding steroid dienone is 1. The van der Waals surface area contributed by atoms with Crippen molar-refractivity contribution in [3.8, 4) is 0 Å². The summed E-state index contributed by atoms with van der Waals surface area (Å²) in [4.78, 5) is 13.1. The minimum Gasteiger partial charge on any atom is -0.268 e. The maximum atomic E-state index is 13.3. The average molecular weight is 421 g/mol. The van der Waals surface area contributed by atoms with Gasteiger partial charge in [0.15, 0.2) is 0 Å². The highest BCUT2D eigenvalue weighted by atomic mass is 32.2. The standard InChI is InChI=1S/C24H20FNO3S/c1-17-9-15-20(16-10-17)30(28,29)26-23(21-6-2-3-7-22(21)24(26)27)8-4-5-18-11-13-19(25)14-12-18/h2-4,6-16,23H,5H2,1H3/b8-4+. The number of benzene rings is 3. The van der Waals surface area contributed by atoms with Gasteiger partial charge in [-0.1, -0.05) is 60.2 Å². The Balaban J connectivity index is 1.71. The molecule has 0 aliphatic carbocycles. The molecule has 1 aliphatic rings. The fourth-order valence-corrected chi connectivity index (χ4v) is 5.05. The van der Waals surface area contributed by atoms with Crippen LogP contribution < -0.4 is 0 Å². The van der Waals surface area contributed by atoms with Gasteiger partial charge in [0.2, 0.25) is 0 Å². The van der Waals surface area contributed by atoms with E-state index in [0.717, 1.165) is 15.4 Å². The van der Waals surface area contributed by atoms with Crippen molar-refractivity contribution in [3.05, 3.63) is 113 Å². The molecule has 1 amide bonds. The SMILES string of the molecule is Cc1ccc(S(=O)(=O)N2C(=O)c3ccccc3C2/C=C/Cc2ccc(F)cc2)cc1. The molecule has 6 heteroatoms.